The van der Waals surface area contributed by atoms with Crippen molar-refractivity contribution in [2.45, 2.75) is 20.8 Å². The number of rotatable bonds is 1. The van der Waals surface area contributed by atoms with E-state index in [4.69, 9.17) is 0 Å². The number of imidazole rings is 1. The summed E-state index contributed by atoms with van der Waals surface area (Å²) in [6, 6.07) is 6.35. The van der Waals surface area contributed by atoms with Crippen molar-refractivity contribution in [1.82, 2.24) is 9.38 Å². The minimum Gasteiger partial charge on any atom is -0.297 e. The minimum atomic E-state index is -0.439. The summed E-state index contributed by atoms with van der Waals surface area (Å²) in [5.41, 5.74) is 3.85. The Morgan fingerprint density at radius 2 is 1.70 bits per heavy atom. The normalized spacial score (nSPS) is 11.2. The predicted octanol–water partition coefficient (Wildman–Crippen LogP) is 4.20. The third-order valence-corrected chi connectivity index (χ3v) is 3.46. The average molecular weight is 272 g/mol. The van der Waals surface area contributed by atoms with Crippen LogP contribution in [0.2, 0.25) is 0 Å². The molecule has 0 aliphatic heterocycles. The molecule has 0 atom stereocenters. The molecule has 102 valence electrons. The maximum Gasteiger partial charge on any atom is 0.137 e. The van der Waals surface area contributed by atoms with Crippen LogP contribution in [0.15, 0.2) is 30.5 Å². The number of aryl methyl sites for hydroxylation is 3. The Hall–Kier alpha value is -2.23. The van der Waals surface area contributed by atoms with Gasteiger partial charge in [-0.05, 0) is 56.2 Å². The molecule has 1 aromatic carbocycles. The Balaban J connectivity index is 2.33. The van der Waals surface area contributed by atoms with Gasteiger partial charge < -0.3 is 0 Å². The molecule has 0 saturated heterocycles. The second kappa shape index (κ2) is 4.40. The third kappa shape index (κ3) is 1.88. The van der Waals surface area contributed by atoms with Gasteiger partial charge in [-0.2, -0.15) is 0 Å². The van der Waals surface area contributed by atoms with E-state index in [9.17, 15) is 8.78 Å². The first-order chi connectivity index (χ1) is 9.47. The van der Waals surface area contributed by atoms with Gasteiger partial charge in [-0.25, -0.2) is 13.8 Å². The lowest BCUT2D eigenvalue weighted by Crippen LogP contribution is -1.97. The Morgan fingerprint density at radius 3 is 2.45 bits per heavy atom. The second-order valence-corrected chi connectivity index (χ2v) is 5.09. The van der Waals surface area contributed by atoms with E-state index in [-0.39, 0.29) is 5.56 Å². The molecule has 4 heteroatoms. The number of nitrogens with zero attached hydrogens (tertiary/aromatic N) is 2. The number of hydrogen-bond acceptors (Lipinski definition) is 1. The molecule has 0 N–H and O–H groups in total. The summed E-state index contributed by atoms with van der Waals surface area (Å²) in [6.45, 7) is 5.45. The topological polar surface area (TPSA) is 17.3 Å². The highest BCUT2D eigenvalue weighted by molar-refractivity contribution is 5.66. The van der Waals surface area contributed by atoms with E-state index in [1.807, 2.05) is 30.4 Å². The summed E-state index contributed by atoms with van der Waals surface area (Å²) in [5, 5.41) is 0. The van der Waals surface area contributed by atoms with Crippen LogP contribution in [0.25, 0.3) is 16.9 Å². The molecule has 3 aromatic rings. The van der Waals surface area contributed by atoms with Crippen LogP contribution in [0.1, 0.15) is 16.8 Å². The largest absolute Gasteiger partial charge is 0.297 e. The Labute approximate surface area is 115 Å². The van der Waals surface area contributed by atoms with E-state index in [2.05, 4.69) is 4.98 Å². The maximum atomic E-state index is 14.1. The first-order valence-electron chi connectivity index (χ1n) is 6.38. The number of fused-ring (bicyclic) bond motifs is 1. The van der Waals surface area contributed by atoms with Crippen molar-refractivity contribution in [3.05, 3.63) is 58.9 Å². The van der Waals surface area contributed by atoms with E-state index >= 15 is 0 Å². The smallest absolute Gasteiger partial charge is 0.137 e. The van der Waals surface area contributed by atoms with Crippen molar-refractivity contribution >= 4 is 5.65 Å². The number of hydrogen-bond donors (Lipinski definition) is 0. The zero-order valence-corrected chi connectivity index (χ0v) is 11.5. The predicted molar refractivity (Wildman–Crippen MR) is 74.8 cm³/mol. The molecule has 0 unspecified atom stereocenters. The van der Waals surface area contributed by atoms with Crippen molar-refractivity contribution < 1.29 is 8.78 Å². The summed E-state index contributed by atoms with van der Waals surface area (Å²) in [6.07, 6.45) is 1.58. The highest BCUT2D eigenvalue weighted by Crippen LogP contribution is 2.27. The number of benzene rings is 1. The maximum absolute atomic E-state index is 14.1. The number of aromatic nitrogens is 2. The molecule has 2 nitrogen and oxygen atoms in total. The van der Waals surface area contributed by atoms with E-state index in [1.165, 1.54) is 12.1 Å². The van der Waals surface area contributed by atoms with Crippen molar-refractivity contribution in [2.75, 3.05) is 0 Å². The second-order valence-electron chi connectivity index (χ2n) is 5.09. The third-order valence-electron chi connectivity index (χ3n) is 3.46. The van der Waals surface area contributed by atoms with Gasteiger partial charge in [0.15, 0.2) is 0 Å². The van der Waals surface area contributed by atoms with E-state index < -0.39 is 11.6 Å². The van der Waals surface area contributed by atoms with Gasteiger partial charge in [0.25, 0.3) is 0 Å². The summed E-state index contributed by atoms with van der Waals surface area (Å²) in [7, 11) is 0. The first kappa shape index (κ1) is 12.8. The van der Waals surface area contributed by atoms with Gasteiger partial charge in [-0.3, -0.25) is 4.40 Å². The lowest BCUT2D eigenvalue weighted by molar-refractivity contribution is 0.594. The van der Waals surface area contributed by atoms with Gasteiger partial charge in [-0.1, -0.05) is 0 Å². The quantitative estimate of drug-likeness (QED) is 0.648. The SMILES string of the molecule is Cc1cc(C)n2c(-c3cc(F)c(C)cc3F)cnc2c1. The van der Waals surface area contributed by atoms with Crippen molar-refractivity contribution in [3.8, 4) is 11.3 Å². The summed E-state index contributed by atoms with van der Waals surface area (Å²) < 4.78 is 29.7. The molecule has 2 heterocycles. The fraction of sp³-hybridized carbons (Fsp3) is 0.188. The zero-order chi connectivity index (χ0) is 14.4. The Morgan fingerprint density at radius 1 is 0.950 bits per heavy atom. The van der Waals surface area contributed by atoms with Gasteiger partial charge >= 0.3 is 0 Å². The summed E-state index contributed by atoms with van der Waals surface area (Å²) in [4.78, 5) is 4.28. The van der Waals surface area contributed by atoms with E-state index in [1.54, 1.807) is 13.1 Å². The van der Waals surface area contributed by atoms with Crippen LogP contribution in [0.5, 0.6) is 0 Å². The van der Waals surface area contributed by atoms with Gasteiger partial charge in [0.05, 0.1) is 11.9 Å². The van der Waals surface area contributed by atoms with E-state index in [0.29, 0.717) is 11.3 Å². The molecule has 0 aliphatic rings. The standard InChI is InChI=1S/C16H14F2N2/c1-9-4-11(3)20-15(8-19-16(20)5-9)12-7-13(17)10(2)6-14(12)18/h4-8H,1-3H3. The van der Waals surface area contributed by atoms with Crippen molar-refractivity contribution in [3.63, 3.8) is 0 Å². The molecule has 0 fully saturated rings. The summed E-state index contributed by atoms with van der Waals surface area (Å²) >= 11 is 0. The fourth-order valence-electron chi connectivity index (χ4n) is 2.51. The van der Waals surface area contributed by atoms with Gasteiger partial charge in [0.2, 0.25) is 0 Å². The lowest BCUT2D eigenvalue weighted by Gasteiger charge is -2.09. The molecule has 0 spiro atoms. The average Bonchev–Trinajstić information content (AvgIpc) is 2.77. The monoisotopic (exact) mass is 272 g/mol. The van der Waals surface area contributed by atoms with Gasteiger partial charge in [-0.15, -0.1) is 0 Å². The fourth-order valence-corrected chi connectivity index (χ4v) is 2.51. The Kier molecular flexibility index (Phi) is 2.82. The van der Waals surface area contributed by atoms with Crippen molar-refractivity contribution in [1.29, 1.82) is 0 Å². The molecule has 3 rings (SSSR count). The van der Waals surface area contributed by atoms with Crippen LogP contribution in [0.4, 0.5) is 8.78 Å². The number of halogens is 2. The van der Waals surface area contributed by atoms with Crippen LogP contribution in [0.3, 0.4) is 0 Å². The van der Waals surface area contributed by atoms with Crippen molar-refractivity contribution in [2.24, 2.45) is 0 Å². The highest BCUT2D eigenvalue weighted by atomic mass is 19.1. The zero-order valence-electron chi connectivity index (χ0n) is 11.5. The molecule has 0 saturated carbocycles. The first-order valence-corrected chi connectivity index (χ1v) is 6.38. The highest BCUT2D eigenvalue weighted by Gasteiger charge is 2.14. The molecular weight excluding hydrogens is 258 g/mol. The Bertz CT molecular complexity index is 819. The summed E-state index contributed by atoms with van der Waals surface area (Å²) in [5.74, 6) is -0.855. The van der Waals surface area contributed by atoms with Crippen LogP contribution in [0, 0.1) is 32.4 Å². The van der Waals surface area contributed by atoms with Gasteiger partial charge in [0, 0.05) is 11.3 Å². The molecule has 20 heavy (non-hydrogen) atoms. The lowest BCUT2D eigenvalue weighted by atomic mass is 10.1. The number of pyridine rings is 1. The van der Waals surface area contributed by atoms with Gasteiger partial charge in [0.1, 0.15) is 17.3 Å². The molecule has 0 bridgehead atoms. The minimum absolute atomic E-state index is 0.229. The van der Waals surface area contributed by atoms with E-state index in [0.717, 1.165) is 16.9 Å². The van der Waals surface area contributed by atoms with Crippen LogP contribution >= 0.6 is 0 Å². The molecule has 0 aliphatic carbocycles. The van der Waals surface area contributed by atoms with Crippen LogP contribution in [-0.4, -0.2) is 9.38 Å². The molecule has 2 aromatic heterocycles. The molecule has 0 amide bonds. The van der Waals surface area contributed by atoms with Crippen LogP contribution < -0.4 is 0 Å². The van der Waals surface area contributed by atoms with Crippen LogP contribution in [-0.2, 0) is 0 Å². The molecule has 0 radical (unpaired) electrons. The molecular formula is C16H14F2N2.